The van der Waals surface area contributed by atoms with Gasteiger partial charge in [0.1, 0.15) is 6.10 Å². The Labute approximate surface area is 258 Å². The summed E-state index contributed by atoms with van der Waals surface area (Å²) in [6.07, 6.45) is 7.43. The molecule has 0 bridgehead atoms. The molecule has 220 valence electrons. The van der Waals surface area contributed by atoms with Crippen LogP contribution >= 0.6 is 11.8 Å². The molecular formula is C37H36O5S. The Bertz CT molecular complexity index is 1520. The highest BCUT2D eigenvalue weighted by molar-refractivity contribution is 7.98. The fourth-order valence-electron chi connectivity index (χ4n) is 5.83. The molecule has 1 spiro atoms. The number of fused-ring (bicyclic) bond motifs is 2. The molecule has 1 fully saturated rings. The second-order valence-corrected chi connectivity index (χ2v) is 11.7. The zero-order valence-electron chi connectivity index (χ0n) is 24.3. The summed E-state index contributed by atoms with van der Waals surface area (Å²) in [6.45, 7) is 2.10. The molecule has 2 aliphatic heterocycles. The number of terminal acetylenes is 1. The van der Waals surface area contributed by atoms with Crippen LogP contribution in [0.3, 0.4) is 0 Å². The zero-order chi connectivity index (χ0) is 29.5. The first-order chi connectivity index (χ1) is 21.2. The second-order valence-electron chi connectivity index (χ2n) is 10.8. The van der Waals surface area contributed by atoms with Crippen LogP contribution in [0, 0.1) is 12.3 Å². The molecular weight excluding hydrogens is 556 g/mol. The van der Waals surface area contributed by atoms with Crippen LogP contribution in [0.25, 0.3) is 0 Å². The van der Waals surface area contributed by atoms with E-state index in [1.54, 1.807) is 11.8 Å². The molecule has 0 radical (unpaired) electrons. The van der Waals surface area contributed by atoms with Crippen molar-refractivity contribution in [1.82, 2.24) is 0 Å². The Morgan fingerprint density at radius 2 is 1.44 bits per heavy atom. The normalized spacial score (nSPS) is 22.7. The minimum absolute atomic E-state index is 0.290. The first-order valence-corrected chi connectivity index (χ1v) is 15.8. The van der Waals surface area contributed by atoms with E-state index in [1.165, 1.54) is 0 Å². The summed E-state index contributed by atoms with van der Waals surface area (Å²) in [6, 6.07) is 34.6. The van der Waals surface area contributed by atoms with E-state index < -0.39 is 11.9 Å². The van der Waals surface area contributed by atoms with E-state index in [4.69, 9.17) is 30.1 Å². The zero-order valence-corrected chi connectivity index (χ0v) is 25.1. The van der Waals surface area contributed by atoms with Crippen LogP contribution in [0.2, 0.25) is 0 Å². The van der Waals surface area contributed by atoms with E-state index in [0.29, 0.717) is 39.5 Å². The average Bonchev–Trinajstić information content (AvgIpc) is 3.40. The molecule has 1 saturated heterocycles. The van der Waals surface area contributed by atoms with Gasteiger partial charge < -0.3 is 23.7 Å². The maximum Gasteiger partial charge on any atom is 0.225 e. The molecule has 4 aromatic rings. The number of rotatable bonds is 11. The third kappa shape index (κ3) is 6.73. The summed E-state index contributed by atoms with van der Waals surface area (Å²) in [5.41, 5.74) is 6.02. The molecule has 6 rings (SSSR count). The van der Waals surface area contributed by atoms with Crippen LogP contribution in [-0.4, -0.2) is 31.2 Å². The van der Waals surface area contributed by atoms with Gasteiger partial charge in [-0.1, -0.05) is 96.9 Å². The van der Waals surface area contributed by atoms with Crippen molar-refractivity contribution in [2.45, 2.75) is 61.8 Å². The largest absolute Gasteiger partial charge is 0.374 e. The van der Waals surface area contributed by atoms with Crippen LogP contribution in [0.15, 0.2) is 108 Å². The quantitative estimate of drug-likeness (QED) is 0.135. The van der Waals surface area contributed by atoms with Gasteiger partial charge in [-0.05, 0) is 40.6 Å². The number of hydrogen-bond donors (Lipinski definition) is 0. The Hall–Kier alpha value is -3.41. The molecule has 6 heteroatoms. The highest BCUT2D eigenvalue weighted by Gasteiger charge is 2.57. The van der Waals surface area contributed by atoms with Gasteiger partial charge in [-0.3, -0.25) is 0 Å². The van der Waals surface area contributed by atoms with Crippen molar-refractivity contribution in [3.63, 3.8) is 0 Å². The lowest BCUT2D eigenvalue weighted by Crippen LogP contribution is -2.58. The summed E-state index contributed by atoms with van der Waals surface area (Å²) in [7, 11) is 0. The molecule has 2 aliphatic rings. The molecule has 0 amide bonds. The van der Waals surface area contributed by atoms with E-state index in [0.717, 1.165) is 38.3 Å². The van der Waals surface area contributed by atoms with E-state index >= 15 is 0 Å². The number of hydrogen-bond acceptors (Lipinski definition) is 6. The lowest BCUT2D eigenvalue weighted by molar-refractivity contribution is -0.362. The fourth-order valence-corrected chi connectivity index (χ4v) is 6.43. The van der Waals surface area contributed by atoms with Gasteiger partial charge >= 0.3 is 0 Å². The first kappa shape index (κ1) is 29.7. The standard InChI is InChI=1S/C37H36O5S/c1-3-30-19-33-31(20-35(30)43-2)25-41-37(33)36(40-24-29-17-11-6-12-18-29)34(39-23-28-15-9-5-10-16-28)21-32(42-37)26-38-22-27-13-7-4-8-14-27/h1,4-20,32,34,36H,21-26H2,2H3/t32-,34-,36+,37-/m0/s1. The van der Waals surface area contributed by atoms with E-state index in [-0.39, 0.29) is 12.2 Å². The van der Waals surface area contributed by atoms with Crippen LogP contribution < -0.4 is 0 Å². The van der Waals surface area contributed by atoms with E-state index in [9.17, 15) is 0 Å². The Morgan fingerprint density at radius 1 is 0.837 bits per heavy atom. The molecule has 5 nitrogen and oxygen atoms in total. The molecule has 43 heavy (non-hydrogen) atoms. The molecule has 0 saturated carbocycles. The van der Waals surface area contributed by atoms with Gasteiger partial charge in [0.2, 0.25) is 5.79 Å². The number of thioether (sulfide) groups is 1. The van der Waals surface area contributed by atoms with E-state index in [1.807, 2.05) is 66.9 Å². The second kappa shape index (κ2) is 13.9. The van der Waals surface area contributed by atoms with Crippen LogP contribution in [0.4, 0.5) is 0 Å². The number of benzene rings is 4. The predicted molar refractivity (Wildman–Crippen MR) is 168 cm³/mol. The highest BCUT2D eigenvalue weighted by atomic mass is 32.2. The smallest absolute Gasteiger partial charge is 0.225 e. The maximum absolute atomic E-state index is 6.93. The Morgan fingerprint density at radius 3 is 2.05 bits per heavy atom. The summed E-state index contributed by atoms with van der Waals surface area (Å²) in [4.78, 5) is 1.04. The molecule has 4 atom stereocenters. The lowest BCUT2D eigenvalue weighted by Gasteiger charge is -2.47. The third-order valence-corrected chi connectivity index (χ3v) is 8.72. The van der Waals surface area contributed by atoms with Gasteiger partial charge in [0.15, 0.2) is 0 Å². The topological polar surface area (TPSA) is 46.2 Å². The predicted octanol–water partition coefficient (Wildman–Crippen LogP) is 7.25. The van der Waals surface area contributed by atoms with Gasteiger partial charge in [-0.2, -0.15) is 0 Å². The van der Waals surface area contributed by atoms with Crippen molar-refractivity contribution in [2.75, 3.05) is 12.9 Å². The minimum Gasteiger partial charge on any atom is -0.374 e. The van der Waals surface area contributed by atoms with Crippen molar-refractivity contribution in [3.8, 4) is 12.3 Å². The number of ether oxygens (including phenoxy) is 5. The van der Waals surface area contributed by atoms with Gasteiger partial charge in [-0.15, -0.1) is 18.2 Å². The maximum atomic E-state index is 6.93. The van der Waals surface area contributed by atoms with Gasteiger partial charge in [0.05, 0.1) is 45.2 Å². The van der Waals surface area contributed by atoms with Crippen molar-refractivity contribution >= 4 is 11.8 Å². The summed E-state index contributed by atoms with van der Waals surface area (Å²) >= 11 is 1.63. The highest BCUT2D eigenvalue weighted by Crippen LogP contribution is 2.49. The SMILES string of the molecule is C#Cc1cc2c(cc1SC)CO[C@]21O[C@H](COCc2ccccc2)C[C@H](OCc2ccccc2)[C@H]1OCc1ccccc1. The Balaban J connectivity index is 1.34. The van der Waals surface area contributed by atoms with Gasteiger partial charge in [0.25, 0.3) is 0 Å². The molecule has 0 aliphatic carbocycles. The summed E-state index contributed by atoms with van der Waals surface area (Å²) in [5, 5.41) is 0. The minimum atomic E-state index is -1.20. The molecule has 0 N–H and O–H groups in total. The van der Waals surface area contributed by atoms with Crippen molar-refractivity contribution in [1.29, 1.82) is 0 Å². The fraction of sp³-hybridized carbons (Fsp3) is 0.297. The van der Waals surface area contributed by atoms with Crippen LogP contribution in [0.5, 0.6) is 0 Å². The van der Waals surface area contributed by atoms with Gasteiger partial charge in [-0.25, -0.2) is 0 Å². The summed E-state index contributed by atoms with van der Waals surface area (Å²) in [5.74, 6) is 1.66. The molecule has 2 heterocycles. The average molecular weight is 593 g/mol. The van der Waals surface area contributed by atoms with Crippen LogP contribution in [-0.2, 0) is 55.9 Å². The van der Waals surface area contributed by atoms with Gasteiger partial charge in [0, 0.05) is 22.4 Å². The lowest BCUT2D eigenvalue weighted by atomic mass is 9.88. The van der Waals surface area contributed by atoms with E-state index in [2.05, 4.69) is 48.4 Å². The third-order valence-electron chi connectivity index (χ3n) is 7.94. The van der Waals surface area contributed by atoms with Crippen LogP contribution in [0.1, 0.15) is 39.8 Å². The van der Waals surface area contributed by atoms with Crippen molar-refractivity contribution in [2.24, 2.45) is 0 Å². The molecule has 0 aromatic heterocycles. The van der Waals surface area contributed by atoms with Crippen molar-refractivity contribution in [3.05, 3.63) is 137 Å². The Kier molecular flexibility index (Phi) is 9.60. The summed E-state index contributed by atoms with van der Waals surface area (Å²) < 4.78 is 33.2. The van der Waals surface area contributed by atoms with Crippen molar-refractivity contribution < 1.29 is 23.7 Å². The first-order valence-electron chi connectivity index (χ1n) is 14.6. The molecule has 4 aromatic carbocycles. The monoisotopic (exact) mass is 592 g/mol. The molecule has 0 unspecified atom stereocenters.